The molecule has 4 nitrogen and oxygen atoms in total. The second-order valence-corrected chi connectivity index (χ2v) is 5.26. The third-order valence-electron chi connectivity index (χ3n) is 3.19. The quantitative estimate of drug-likeness (QED) is 0.850. The van der Waals surface area contributed by atoms with Crippen molar-refractivity contribution in [2.45, 2.75) is 38.6 Å². The van der Waals surface area contributed by atoms with E-state index in [9.17, 15) is 9.59 Å². The molecule has 1 heterocycles. The summed E-state index contributed by atoms with van der Waals surface area (Å²) in [6, 6.07) is 0.300. The summed E-state index contributed by atoms with van der Waals surface area (Å²) in [5.74, 6) is -0.0906. The van der Waals surface area contributed by atoms with Gasteiger partial charge in [0.15, 0.2) is 0 Å². The zero-order valence-electron chi connectivity index (χ0n) is 9.58. The van der Waals surface area contributed by atoms with Gasteiger partial charge >= 0.3 is 4.87 Å². The third-order valence-corrected chi connectivity index (χ3v) is 4.32. The third kappa shape index (κ3) is 2.04. The molecule has 1 aromatic rings. The van der Waals surface area contributed by atoms with Crippen LogP contribution >= 0.6 is 11.3 Å². The van der Waals surface area contributed by atoms with Crippen LogP contribution in [0, 0.1) is 6.92 Å². The van der Waals surface area contributed by atoms with Crippen LogP contribution in [0.5, 0.6) is 0 Å². The Morgan fingerprint density at radius 1 is 1.44 bits per heavy atom. The molecule has 0 saturated heterocycles. The van der Waals surface area contributed by atoms with E-state index < -0.39 is 0 Å². The van der Waals surface area contributed by atoms with Crippen LogP contribution < -0.4 is 10.2 Å². The van der Waals surface area contributed by atoms with Gasteiger partial charge in [0.1, 0.15) is 4.88 Å². The number of hydrogen-bond donors (Lipinski definition) is 1. The van der Waals surface area contributed by atoms with Crippen LogP contribution in [0.1, 0.15) is 41.0 Å². The van der Waals surface area contributed by atoms with Crippen molar-refractivity contribution in [3.8, 4) is 0 Å². The molecule has 0 aromatic carbocycles. The lowest BCUT2D eigenvalue weighted by atomic mass is 10.2. The van der Waals surface area contributed by atoms with E-state index in [0.29, 0.717) is 10.9 Å². The van der Waals surface area contributed by atoms with E-state index in [4.69, 9.17) is 0 Å². The number of nitrogens with zero attached hydrogens (tertiary/aromatic N) is 1. The first kappa shape index (κ1) is 11.4. The van der Waals surface area contributed by atoms with Crippen LogP contribution in [0.15, 0.2) is 4.79 Å². The van der Waals surface area contributed by atoms with Gasteiger partial charge in [0.05, 0.1) is 0 Å². The molecule has 2 rings (SSSR count). The smallest absolute Gasteiger partial charge is 0.307 e. The summed E-state index contributed by atoms with van der Waals surface area (Å²) >= 11 is 1.03. The highest BCUT2D eigenvalue weighted by Crippen LogP contribution is 2.19. The van der Waals surface area contributed by atoms with Gasteiger partial charge in [-0.2, -0.15) is 0 Å². The maximum Gasteiger partial charge on any atom is 0.307 e. The van der Waals surface area contributed by atoms with Crippen molar-refractivity contribution in [1.29, 1.82) is 0 Å². The summed E-state index contributed by atoms with van der Waals surface area (Å²) in [6.45, 7) is 1.81. The van der Waals surface area contributed by atoms with Gasteiger partial charge in [-0.3, -0.25) is 9.59 Å². The number of thiazole rings is 1. The van der Waals surface area contributed by atoms with Crippen molar-refractivity contribution >= 4 is 17.2 Å². The number of rotatable bonds is 2. The standard InChI is InChI=1S/C11H16N2O2S/c1-7-9(16-11(15)13(7)2)10(14)12-8-5-3-4-6-8/h8H,3-6H2,1-2H3,(H,12,14). The van der Waals surface area contributed by atoms with Crippen molar-refractivity contribution in [3.63, 3.8) is 0 Å². The average Bonchev–Trinajstić information content (AvgIpc) is 2.83. The summed E-state index contributed by atoms with van der Waals surface area (Å²) in [5, 5.41) is 3.00. The minimum absolute atomic E-state index is 0.0749. The summed E-state index contributed by atoms with van der Waals surface area (Å²) in [7, 11) is 1.69. The second-order valence-electron chi connectivity index (χ2n) is 4.30. The monoisotopic (exact) mass is 240 g/mol. The molecule has 1 aliphatic rings. The fourth-order valence-electron chi connectivity index (χ4n) is 2.05. The lowest BCUT2D eigenvalue weighted by Gasteiger charge is -2.10. The van der Waals surface area contributed by atoms with Gasteiger partial charge < -0.3 is 9.88 Å². The number of carbonyl (C=O) groups is 1. The molecule has 1 saturated carbocycles. The van der Waals surface area contributed by atoms with Crippen molar-refractivity contribution in [1.82, 2.24) is 9.88 Å². The number of hydrogen-bond acceptors (Lipinski definition) is 3. The van der Waals surface area contributed by atoms with Crippen LogP contribution in [-0.2, 0) is 7.05 Å². The molecule has 16 heavy (non-hydrogen) atoms. The number of aromatic nitrogens is 1. The maximum absolute atomic E-state index is 11.9. The van der Waals surface area contributed by atoms with Gasteiger partial charge in [0.2, 0.25) is 0 Å². The van der Waals surface area contributed by atoms with E-state index in [1.54, 1.807) is 7.05 Å². The molecule has 0 bridgehead atoms. The molecule has 1 aliphatic carbocycles. The summed E-state index contributed by atoms with van der Waals surface area (Å²) in [4.78, 5) is 23.8. The summed E-state index contributed by atoms with van der Waals surface area (Å²) in [5.41, 5.74) is 0.755. The van der Waals surface area contributed by atoms with Gasteiger partial charge in [-0.25, -0.2) is 0 Å². The van der Waals surface area contributed by atoms with Gasteiger partial charge in [0, 0.05) is 18.8 Å². The topological polar surface area (TPSA) is 51.1 Å². The molecule has 0 atom stereocenters. The molecule has 0 unspecified atom stereocenters. The van der Waals surface area contributed by atoms with Crippen molar-refractivity contribution in [3.05, 3.63) is 20.2 Å². The fraction of sp³-hybridized carbons (Fsp3) is 0.636. The molecular weight excluding hydrogens is 224 g/mol. The van der Waals surface area contributed by atoms with Gasteiger partial charge in [-0.15, -0.1) is 0 Å². The van der Waals surface area contributed by atoms with Gasteiger partial charge in [0.25, 0.3) is 5.91 Å². The Bertz CT molecular complexity index is 455. The van der Waals surface area contributed by atoms with Crippen molar-refractivity contribution in [2.75, 3.05) is 0 Å². The van der Waals surface area contributed by atoms with E-state index in [1.165, 1.54) is 17.4 Å². The molecule has 0 aliphatic heterocycles. The number of carbonyl (C=O) groups excluding carboxylic acids is 1. The van der Waals surface area contributed by atoms with Crippen LogP contribution in [0.25, 0.3) is 0 Å². The average molecular weight is 240 g/mol. The molecule has 1 N–H and O–H groups in total. The Kier molecular flexibility index (Phi) is 3.14. The Balaban J connectivity index is 2.14. The van der Waals surface area contributed by atoms with E-state index in [-0.39, 0.29) is 10.8 Å². The fourth-order valence-corrected chi connectivity index (χ4v) is 2.94. The Labute approximate surface area is 98.3 Å². The first-order valence-electron chi connectivity index (χ1n) is 5.57. The molecule has 1 amide bonds. The van der Waals surface area contributed by atoms with Gasteiger partial charge in [-0.05, 0) is 19.8 Å². The number of nitrogens with one attached hydrogen (secondary N) is 1. The van der Waals surface area contributed by atoms with E-state index in [2.05, 4.69) is 5.32 Å². The Morgan fingerprint density at radius 2 is 2.06 bits per heavy atom. The van der Waals surface area contributed by atoms with Gasteiger partial charge in [-0.1, -0.05) is 24.2 Å². The van der Waals surface area contributed by atoms with Crippen molar-refractivity contribution in [2.24, 2.45) is 7.05 Å². The summed E-state index contributed by atoms with van der Waals surface area (Å²) in [6.07, 6.45) is 4.50. The van der Waals surface area contributed by atoms with Crippen LogP contribution in [0.3, 0.4) is 0 Å². The molecule has 88 valence electrons. The highest BCUT2D eigenvalue weighted by Gasteiger charge is 2.21. The van der Waals surface area contributed by atoms with E-state index in [1.807, 2.05) is 6.92 Å². The lowest BCUT2D eigenvalue weighted by molar-refractivity contribution is 0.0941. The zero-order valence-corrected chi connectivity index (χ0v) is 10.4. The van der Waals surface area contributed by atoms with E-state index >= 15 is 0 Å². The molecule has 0 radical (unpaired) electrons. The minimum Gasteiger partial charge on any atom is -0.349 e. The first-order chi connectivity index (χ1) is 7.59. The predicted octanol–water partition coefficient (Wildman–Crippen LogP) is 1.43. The molecule has 5 heteroatoms. The molecule has 0 spiro atoms. The highest BCUT2D eigenvalue weighted by atomic mass is 32.1. The van der Waals surface area contributed by atoms with Crippen LogP contribution in [0.4, 0.5) is 0 Å². The largest absolute Gasteiger partial charge is 0.349 e. The van der Waals surface area contributed by atoms with Crippen LogP contribution in [0.2, 0.25) is 0 Å². The molecule has 1 aromatic heterocycles. The highest BCUT2D eigenvalue weighted by molar-refractivity contribution is 7.11. The zero-order chi connectivity index (χ0) is 11.7. The van der Waals surface area contributed by atoms with Crippen LogP contribution in [-0.4, -0.2) is 16.5 Å². The molecular formula is C11H16N2O2S. The SMILES string of the molecule is Cc1c(C(=O)NC2CCCC2)sc(=O)n1C. The normalized spacial score (nSPS) is 16.6. The molecule has 1 fully saturated rings. The van der Waals surface area contributed by atoms with E-state index in [0.717, 1.165) is 29.9 Å². The van der Waals surface area contributed by atoms with Crippen molar-refractivity contribution < 1.29 is 4.79 Å². The summed E-state index contributed by atoms with van der Waals surface area (Å²) < 4.78 is 1.52. The predicted molar refractivity (Wildman–Crippen MR) is 64.0 cm³/mol. The minimum atomic E-state index is -0.0906. The number of amides is 1. The Hall–Kier alpha value is -1.10. The lowest BCUT2D eigenvalue weighted by Crippen LogP contribution is -2.32. The maximum atomic E-state index is 11.9. The Morgan fingerprint density at radius 3 is 2.56 bits per heavy atom. The first-order valence-corrected chi connectivity index (χ1v) is 6.38. The second kappa shape index (κ2) is 4.41.